The van der Waals surface area contributed by atoms with Crippen LogP contribution in [0.5, 0.6) is 0 Å². The highest BCUT2D eigenvalue weighted by molar-refractivity contribution is 5.92. The first-order chi connectivity index (χ1) is 9.69. The van der Waals surface area contributed by atoms with Crippen LogP contribution in [0.3, 0.4) is 0 Å². The Morgan fingerprint density at radius 3 is 2.90 bits per heavy atom. The quantitative estimate of drug-likeness (QED) is 0.824. The second kappa shape index (κ2) is 7.21. The van der Waals surface area contributed by atoms with Gasteiger partial charge in [0.15, 0.2) is 0 Å². The van der Waals surface area contributed by atoms with Gasteiger partial charge in [-0.25, -0.2) is 4.98 Å². The Hall–Kier alpha value is -1.66. The molecule has 1 saturated heterocycles. The van der Waals surface area contributed by atoms with Crippen molar-refractivity contribution in [1.29, 1.82) is 0 Å². The molecule has 0 spiro atoms. The van der Waals surface area contributed by atoms with E-state index in [1.807, 2.05) is 19.1 Å². The summed E-state index contributed by atoms with van der Waals surface area (Å²) in [4.78, 5) is 18.7. The number of hydrogen-bond acceptors (Lipinski definition) is 5. The van der Waals surface area contributed by atoms with Gasteiger partial charge in [0.2, 0.25) is 0 Å². The highest BCUT2D eigenvalue weighted by Crippen LogP contribution is 2.04. The first-order valence-corrected chi connectivity index (χ1v) is 6.95. The van der Waals surface area contributed by atoms with Crippen molar-refractivity contribution >= 4 is 11.7 Å². The Kier molecular flexibility index (Phi) is 5.31. The zero-order chi connectivity index (χ0) is 14.4. The molecule has 6 heteroatoms. The summed E-state index contributed by atoms with van der Waals surface area (Å²) < 4.78 is 5.31. The van der Waals surface area contributed by atoms with Crippen LogP contribution < -0.4 is 10.6 Å². The van der Waals surface area contributed by atoms with Gasteiger partial charge in [-0.3, -0.25) is 9.69 Å². The van der Waals surface area contributed by atoms with Gasteiger partial charge in [0.25, 0.3) is 5.91 Å². The molecule has 0 aliphatic carbocycles. The van der Waals surface area contributed by atoms with Crippen LogP contribution in [0.4, 0.5) is 5.82 Å². The van der Waals surface area contributed by atoms with E-state index in [-0.39, 0.29) is 11.9 Å². The van der Waals surface area contributed by atoms with Crippen LogP contribution >= 0.6 is 0 Å². The highest BCUT2D eigenvalue weighted by Gasteiger charge is 2.16. The molecule has 1 atom stereocenters. The van der Waals surface area contributed by atoms with E-state index in [4.69, 9.17) is 4.74 Å². The van der Waals surface area contributed by atoms with E-state index < -0.39 is 0 Å². The number of amides is 1. The first kappa shape index (κ1) is 14.7. The Morgan fingerprint density at radius 2 is 2.20 bits per heavy atom. The summed E-state index contributed by atoms with van der Waals surface area (Å²) in [6.45, 7) is 6.23. The SMILES string of the molecule is CNc1cccc(C(=O)NC(C)CN2CCOCC2)n1. The molecular weight excluding hydrogens is 256 g/mol. The molecule has 2 rings (SSSR count). The fraction of sp³-hybridized carbons (Fsp3) is 0.571. The van der Waals surface area contributed by atoms with Gasteiger partial charge < -0.3 is 15.4 Å². The lowest BCUT2D eigenvalue weighted by molar-refractivity contribution is 0.0342. The van der Waals surface area contributed by atoms with E-state index >= 15 is 0 Å². The summed E-state index contributed by atoms with van der Waals surface area (Å²) in [7, 11) is 1.78. The predicted octanol–water partition coefficient (Wildman–Crippen LogP) is 0.574. The normalized spacial score (nSPS) is 17.5. The second-order valence-electron chi connectivity index (χ2n) is 4.95. The molecule has 2 heterocycles. The minimum atomic E-state index is -0.136. The molecule has 1 aliphatic rings. The molecule has 110 valence electrons. The molecular formula is C14H22N4O2. The summed E-state index contributed by atoms with van der Waals surface area (Å²) in [6.07, 6.45) is 0. The van der Waals surface area contributed by atoms with Crippen molar-refractivity contribution in [3.63, 3.8) is 0 Å². The van der Waals surface area contributed by atoms with Crippen molar-refractivity contribution in [1.82, 2.24) is 15.2 Å². The van der Waals surface area contributed by atoms with Gasteiger partial charge in [-0.2, -0.15) is 0 Å². The number of pyridine rings is 1. The van der Waals surface area contributed by atoms with E-state index in [2.05, 4.69) is 20.5 Å². The van der Waals surface area contributed by atoms with Crippen LogP contribution in [0, 0.1) is 0 Å². The van der Waals surface area contributed by atoms with E-state index in [1.54, 1.807) is 13.1 Å². The summed E-state index contributed by atoms with van der Waals surface area (Å²) in [5.74, 6) is 0.557. The summed E-state index contributed by atoms with van der Waals surface area (Å²) in [5.41, 5.74) is 0.436. The van der Waals surface area contributed by atoms with Gasteiger partial charge in [-0.05, 0) is 19.1 Å². The van der Waals surface area contributed by atoms with Crippen LogP contribution in [-0.4, -0.2) is 61.7 Å². The van der Waals surface area contributed by atoms with E-state index in [9.17, 15) is 4.79 Å². The standard InChI is InChI=1S/C14H22N4O2/c1-11(10-18-6-8-20-9-7-18)16-14(19)12-4-3-5-13(15-2)17-12/h3-5,11H,6-10H2,1-2H3,(H,15,17)(H,16,19). The topological polar surface area (TPSA) is 66.5 Å². The van der Waals surface area contributed by atoms with Crippen LogP contribution in [0.15, 0.2) is 18.2 Å². The smallest absolute Gasteiger partial charge is 0.270 e. The van der Waals surface area contributed by atoms with Gasteiger partial charge >= 0.3 is 0 Å². The van der Waals surface area contributed by atoms with Crippen LogP contribution in [0.2, 0.25) is 0 Å². The Labute approximate surface area is 119 Å². The molecule has 6 nitrogen and oxygen atoms in total. The fourth-order valence-corrected chi connectivity index (χ4v) is 2.21. The van der Waals surface area contributed by atoms with Gasteiger partial charge in [0.1, 0.15) is 11.5 Å². The first-order valence-electron chi connectivity index (χ1n) is 6.95. The average Bonchev–Trinajstić information content (AvgIpc) is 2.48. The zero-order valence-electron chi connectivity index (χ0n) is 12.1. The van der Waals surface area contributed by atoms with Crippen molar-refractivity contribution in [3.8, 4) is 0 Å². The van der Waals surface area contributed by atoms with Crippen molar-refractivity contribution in [2.75, 3.05) is 45.2 Å². The fourth-order valence-electron chi connectivity index (χ4n) is 2.21. The minimum absolute atomic E-state index is 0.0839. The van der Waals surface area contributed by atoms with Crippen molar-refractivity contribution < 1.29 is 9.53 Å². The lowest BCUT2D eigenvalue weighted by Crippen LogP contribution is -2.46. The second-order valence-corrected chi connectivity index (χ2v) is 4.95. The van der Waals surface area contributed by atoms with Crippen molar-refractivity contribution in [2.24, 2.45) is 0 Å². The Morgan fingerprint density at radius 1 is 1.45 bits per heavy atom. The maximum Gasteiger partial charge on any atom is 0.270 e. The number of carbonyl (C=O) groups is 1. The third-order valence-corrected chi connectivity index (χ3v) is 3.25. The number of carbonyl (C=O) groups excluding carboxylic acids is 1. The molecule has 0 aromatic carbocycles. The number of nitrogens with zero attached hydrogens (tertiary/aromatic N) is 2. The van der Waals surface area contributed by atoms with Crippen molar-refractivity contribution in [2.45, 2.75) is 13.0 Å². The molecule has 1 aromatic rings. The van der Waals surface area contributed by atoms with Gasteiger partial charge in [-0.1, -0.05) is 6.07 Å². The number of nitrogens with one attached hydrogen (secondary N) is 2. The Bertz CT molecular complexity index is 447. The van der Waals surface area contributed by atoms with E-state index in [0.29, 0.717) is 11.5 Å². The highest BCUT2D eigenvalue weighted by atomic mass is 16.5. The number of rotatable bonds is 5. The third kappa shape index (κ3) is 4.18. The average molecular weight is 278 g/mol. The molecule has 0 saturated carbocycles. The summed E-state index contributed by atoms with van der Waals surface area (Å²) in [6, 6.07) is 5.45. The van der Waals surface area contributed by atoms with Gasteiger partial charge in [0, 0.05) is 32.7 Å². The molecule has 0 radical (unpaired) electrons. The number of anilines is 1. The number of hydrogen-bond donors (Lipinski definition) is 2. The molecule has 1 aromatic heterocycles. The lowest BCUT2D eigenvalue weighted by atomic mass is 10.2. The van der Waals surface area contributed by atoms with E-state index in [1.165, 1.54) is 0 Å². The zero-order valence-corrected chi connectivity index (χ0v) is 12.1. The minimum Gasteiger partial charge on any atom is -0.379 e. The molecule has 0 bridgehead atoms. The van der Waals surface area contributed by atoms with Gasteiger partial charge in [-0.15, -0.1) is 0 Å². The monoisotopic (exact) mass is 278 g/mol. The maximum atomic E-state index is 12.1. The summed E-state index contributed by atoms with van der Waals surface area (Å²) in [5, 5.41) is 5.91. The summed E-state index contributed by atoms with van der Waals surface area (Å²) >= 11 is 0. The predicted molar refractivity (Wildman–Crippen MR) is 78.0 cm³/mol. The van der Waals surface area contributed by atoms with Crippen molar-refractivity contribution in [3.05, 3.63) is 23.9 Å². The van der Waals surface area contributed by atoms with Crippen LogP contribution in [0.1, 0.15) is 17.4 Å². The number of aromatic nitrogens is 1. The third-order valence-electron chi connectivity index (χ3n) is 3.25. The molecule has 1 amide bonds. The largest absolute Gasteiger partial charge is 0.379 e. The molecule has 20 heavy (non-hydrogen) atoms. The maximum absolute atomic E-state index is 12.1. The molecule has 1 fully saturated rings. The van der Waals surface area contributed by atoms with Crippen LogP contribution in [0.25, 0.3) is 0 Å². The van der Waals surface area contributed by atoms with Gasteiger partial charge in [0.05, 0.1) is 13.2 Å². The Balaban J connectivity index is 1.86. The molecule has 1 unspecified atom stereocenters. The number of ether oxygens (including phenoxy) is 1. The molecule has 2 N–H and O–H groups in total. The lowest BCUT2D eigenvalue weighted by Gasteiger charge is -2.29. The molecule has 1 aliphatic heterocycles. The number of morpholine rings is 1. The van der Waals surface area contributed by atoms with Crippen LogP contribution in [-0.2, 0) is 4.74 Å². The van der Waals surface area contributed by atoms with E-state index in [0.717, 1.165) is 32.8 Å².